The molecule has 27 heavy (non-hydrogen) atoms. The Hall–Kier alpha value is 1.06. The maximum absolute atomic E-state index is 5.56. The maximum atomic E-state index is 5.56. The summed E-state index contributed by atoms with van der Waals surface area (Å²) in [5, 5.41) is 0.417. The standard InChI is InChI=1S/C8H22O3Si2.C5H12OSi.C3H10O2Si.Pt/c1-8(12(5,6)9-2)13(7,10-3)11-4;1-5-7(3,4)6-2;1-4-6(3)5-2;/h8H,1-7H3;5H,1H2,2-4H3;6H,1-3H3;. The summed E-state index contributed by atoms with van der Waals surface area (Å²) in [5.41, 5.74) is 1.91. The summed E-state index contributed by atoms with van der Waals surface area (Å²) in [6, 6.07) is 0. The summed E-state index contributed by atoms with van der Waals surface area (Å²) in [4.78, 5) is 0. The molecule has 0 spiro atoms. The zero-order chi connectivity index (χ0) is 21.6. The average molecular weight is 640 g/mol. The molecule has 0 N–H and O–H groups in total. The molecule has 0 amide bonds. The monoisotopic (exact) mass is 639 g/mol. The van der Waals surface area contributed by atoms with E-state index in [1.54, 1.807) is 42.7 Å². The van der Waals surface area contributed by atoms with Crippen LogP contribution in [0.1, 0.15) is 6.92 Å². The predicted molar refractivity (Wildman–Crippen MR) is 121 cm³/mol. The Morgan fingerprint density at radius 2 is 1.15 bits per heavy atom. The molecular formula is C16H44O6PtSi4. The summed E-state index contributed by atoms with van der Waals surface area (Å²) >= 11 is 0. The van der Waals surface area contributed by atoms with Crippen LogP contribution in [0.25, 0.3) is 0 Å². The van der Waals surface area contributed by atoms with Crippen LogP contribution < -0.4 is 0 Å². The van der Waals surface area contributed by atoms with Crippen LogP contribution in [0.15, 0.2) is 12.3 Å². The van der Waals surface area contributed by atoms with Gasteiger partial charge in [-0.1, -0.05) is 12.6 Å². The molecule has 11 heteroatoms. The summed E-state index contributed by atoms with van der Waals surface area (Å²) in [6.07, 6.45) is 0. The van der Waals surface area contributed by atoms with E-state index in [1.807, 2.05) is 12.2 Å². The minimum absolute atomic E-state index is 0. The molecule has 1 unspecified atom stereocenters. The fourth-order valence-corrected chi connectivity index (χ4v) is 9.12. The van der Waals surface area contributed by atoms with Gasteiger partial charge in [0.25, 0.3) is 0 Å². The molecule has 0 heterocycles. The summed E-state index contributed by atoms with van der Waals surface area (Å²) in [5.74, 6) is 0. The molecular weight excluding hydrogens is 596 g/mol. The average Bonchev–Trinajstić information content (AvgIpc) is 2.66. The fourth-order valence-electron chi connectivity index (χ4n) is 1.42. The van der Waals surface area contributed by atoms with Crippen molar-refractivity contribution in [3.8, 4) is 0 Å². The molecule has 0 aromatic rings. The normalized spacial score (nSPS) is 12.8. The van der Waals surface area contributed by atoms with E-state index in [-0.39, 0.29) is 21.1 Å². The summed E-state index contributed by atoms with van der Waals surface area (Å²) in [7, 11) is 4.09. The molecule has 0 aliphatic heterocycles. The van der Waals surface area contributed by atoms with Gasteiger partial charge in [0.1, 0.15) is 0 Å². The van der Waals surface area contributed by atoms with Crippen molar-refractivity contribution >= 4 is 34.5 Å². The van der Waals surface area contributed by atoms with Crippen LogP contribution in [0.5, 0.6) is 0 Å². The SMILES string of the molecule is C=C[Si](C)(C)OC.CO[SiH](C)OC.CO[Si](C)(C)C(C)[Si](C)(OC)OC.[Pt]. The molecule has 170 valence electrons. The first-order valence-electron chi connectivity index (χ1n) is 8.67. The van der Waals surface area contributed by atoms with Crippen LogP contribution in [0, 0.1) is 0 Å². The van der Waals surface area contributed by atoms with Crippen LogP contribution in [-0.2, 0) is 47.6 Å². The van der Waals surface area contributed by atoms with Gasteiger partial charge in [0, 0.05) is 68.9 Å². The second kappa shape index (κ2) is 17.9. The van der Waals surface area contributed by atoms with Crippen molar-refractivity contribution in [2.45, 2.75) is 51.4 Å². The second-order valence-corrected chi connectivity index (χ2v) is 21.9. The quantitative estimate of drug-likeness (QED) is 0.358. The van der Waals surface area contributed by atoms with Gasteiger partial charge >= 0.3 is 17.8 Å². The molecule has 0 rings (SSSR count). The van der Waals surface area contributed by atoms with Gasteiger partial charge in [-0.15, -0.1) is 6.58 Å². The van der Waals surface area contributed by atoms with E-state index in [0.717, 1.165) is 0 Å². The van der Waals surface area contributed by atoms with E-state index in [1.165, 1.54) is 0 Å². The Morgan fingerprint density at radius 3 is 1.26 bits per heavy atom. The molecule has 0 radical (unpaired) electrons. The first-order chi connectivity index (χ1) is 11.8. The number of rotatable bonds is 9. The zero-order valence-electron chi connectivity index (χ0n) is 19.7. The third kappa shape index (κ3) is 16.5. The Labute approximate surface area is 187 Å². The van der Waals surface area contributed by atoms with E-state index in [0.29, 0.717) is 5.16 Å². The van der Waals surface area contributed by atoms with Crippen LogP contribution in [0.3, 0.4) is 0 Å². The Morgan fingerprint density at radius 1 is 0.778 bits per heavy atom. The summed E-state index contributed by atoms with van der Waals surface area (Å²) < 4.78 is 31.3. The fraction of sp³-hybridized carbons (Fsp3) is 0.875. The molecule has 0 aliphatic rings. The molecule has 0 saturated carbocycles. The van der Waals surface area contributed by atoms with Crippen molar-refractivity contribution < 1.29 is 47.6 Å². The van der Waals surface area contributed by atoms with E-state index in [9.17, 15) is 0 Å². The third-order valence-electron chi connectivity index (χ3n) is 4.85. The van der Waals surface area contributed by atoms with Gasteiger partial charge in [-0.05, 0) is 39.3 Å². The van der Waals surface area contributed by atoms with Crippen molar-refractivity contribution in [1.82, 2.24) is 0 Å². The molecule has 0 aliphatic carbocycles. The van der Waals surface area contributed by atoms with Crippen LogP contribution in [0.4, 0.5) is 0 Å². The summed E-state index contributed by atoms with van der Waals surface area (Å²) in [6.45, 7) is 18.5. The van der Waals surface area contributed by atoms with Gasteiger partial charge in [0.15, 0.2) is 8.32 Å². The predicted octanol–water partition coefficient (Wildman–Crippen LogP) is 3.82. The van der Waals surface area contributed by atoms with Gasteiger partial charge < -0.3 is 26.6 Å². The molecule has 0 aromatic heterocycles. The van der Waals surface area contributed by atoms with E-state index in [4.69, 9.17) is 26.6 Å². The maximum Gasteiger partial charge on any atom is 0.336 e. The second-order valence-electron chi connectivity index (χ2n) is 7.00. The molecule has 0 bridgehead atoms. The van der Waals surface area contributed by atoms with E-state index in [2.05, 4.69) is 46.2 Å². The zero-order valence-corrected chi connectivity index (χ0v) is 26.1. The molecule has 0 aromatic carbocycles. The van der Waals surface area contributed by atoms with Crippen molar-refractivity contribution in [2.24, 2.45) is 0 Å². The van der Waals surface area contributed by atoms with Crippen molar-refractivity contribution in [3.05, 3.63) is 12.3 Å². The van der Waals surface area contributed by atoms with Gasteiger partial charge in [-0.25, -0.2) is 0 Å². The molecule has 6 nitrogen and oxygen atoms in total. The van der Waals surface area contributed by atoms with Crippen LogP contribution in [0.2, 0.25) is 44.4 Å². The number of hydrogen-bond donors (Lipinski definition) is 0. The van der Waals surface area contributed by atoms with Crippen LogP contribution >= 0.6 is 0 Å². The Balaban J connectivity index is -0.000000160. The molecule has 0 saturated heterocycles. The Kier molecular flexibility index (Phi) is 23.5. The third-order valence-corrected chi connectivity index (χ3v) is 18.2. The van der Waals surface area contributed by atoms with Crippen molar-refractivity contribution in [1.29, 1.82) is 0 Å². The van der Waals surface area contributed by atoms with Gasteiger partial charge in [-0.3, -0.25) is 0 Å². The van der Waals surface area contributed by atoms with E-state index >= 15 is 0 Å². The largest absolute Gasteiger partial charge is 0.420 e. The van der Waals surface area contributed by atoms with E-state index < -0.39 is 34.5 Å². The van der Waals surface area contributed by atoms with Crippen molar-refractivity contribution in [3.63, 3.8) is 0 Å². The van der Waals surface area contributed by atoms with Crippen LogP contribution in [-0.4, -0.2) is 77.1 Å². The van der Waals surface area contributed by atoms with Crippen molar-refractivity contribution in [2.75, 3.05) is 42.7 Å². The minimum Gasteiger partial charge on any atom is -0.420 e. The van der Waals surface area contributed by atoms with Gasteiger partial charge in [0.2, 0.25) is 8.32 Å². The molecule has 1 atom stereocenters. The smallest absolute Gasteiger partial charge is 0.336 e. The van der Waals surface area contributed by atoms with Gasteiger partial charge in [0.05, 0.1) is 0 Å². The first kappa shape index (κ1) is 35.5. The Bertz CT molecular complexity index is 354. The topological polar surface area (TPSA) is 55.4 Å². The first-order valence-corrected chi connectivity index (χ1v) is 19.1. The molecule has 0 fully saturated rings. The number of hydrogen-bond acceptors (Lipinski definition) is 6. The minimum atomic E-state index is -2.02. The van der Waals surface area contributed by atoms with Gasteiger partial charge in [-0.2, -0.15) is 0 Å².